The predicted octanol–water partition coefficient (Wildman–Crippen LogP) is 2.18. The van der Waals surface area contributed by atoms with Crippen LogP contribution in [0, 0.1) is 0 Å². The molecule has 0 aliphatic carbocycles. The zero-order chi connectivity index (χ0) is 17.6. The van der Waals surface area contributed by atoms with E-state index in [0.717, 1.165) is 6.42 Å². The summed E-state index contributed by atoms with van der Waals surface area (Å²) in [5.41, 5.74) is 0.639. The highest BCUT2D eigenvalue weighted by molar-refractivity contribution is 5.91. The number of rotatable bonds is 5. The average Bonchev–Trinajstić information content (AvgIpc) is 3.11. The number of urea groups is 1. The Morgan fingerprint density at radius 1 is 1.12 bits per heavy atom. The number of benzene rings is 1. The SMILES string of the molecule is COc1ccc(OC2CCN(C(=O)Nc3ccccc3OC)C2)nn1. The van der Waals surface area contributed by atoms with Crippen LogP contribution in [0.5, 0.6) is 17.5 Å². The summed E-state index contributed by atoms with van der Waals surface area (Å²) >= 11 is 0. The van der Waals surface area contributed by atoms with Gasteiger partial charge in [0, 0.05) is 25.1 Å². The standard InChI is InChI=1S/C17H20N4O4/c1-23-14-6-4-3-5-13(14)18-17(22)21-10-9-12(11-21)25-16-8-7-15(24-2)19-20-16/h3-8,12H,9-11H2,1-2H3,(H,18,22). The van der Waals surface area contributed by atoms with E-state index in [1.54, 1.807) is 36.3 Å². The highest BCUT2D eigenvalue weighted by Crippen LogP contribution is 2.24. The molecule has 1 fully saturated rings. The van der Waals surface area contributed by atoms with Crippen LogP contribution in [0.4, 0.5) is 10.5 Å². The Labute approximate surface area is 145 Å². The van der Waals surface area contributed by atoms with E-state index >= 15 is 0 Å². The molecule has 0 spiro atoms. The first-order valence-corrected chi connectivity index (χ1v) is 7.93. The molecule has 1 saturated heterocycles. The van der Waals surface area contributed by atoms with E-state index < -0.39 is 0 Å². The number of nitrogens with zero attached hydrogens (tertiary/aromatic N) is 3. The van der Waals surface area contributed by atoms with Gasteiger partial charge in [-0.3, -0.25) is 0 Å². The van der Waals surface area contributed by atoms with E-state index in [1.165, 1.54) is 7.11 Å². The number of nitrogens with one attached hydrogen (secondary N) is 1. The number of aromatic nitrogens is 2. The molecule has 1 aromatic heterocycles. The van der Waals surface area contributed by atoms with Gasteiger partial charge in [0.2, 0.25) is 11.8 Å². The Balaban J connectivity index is 1.55. The molecule has 1 aliphatic rings. The Morgan fingerprint density at radius 3 is 2.60 bits per heavy atom. The minimum Gasteiger partial charge on any atom is -0.495 e. The first-order valence-electron chi connectivity index (χ1n) is 7.93. The Hall–Kier alpha value is -3.03. The lowest BCUT2D eigenvalue weighted by atomic mass is 10.3. The fraction of sp³-hybridized carbons (Fsp3) is 0.353. The van der Waals surface area contributed by atoms with E-state index in [-0.39, 0.29) is 12.1 Å². The van der Waals surface area contributed by atoms with E-state index in [0.29, 0.717) is 36.3 Å². The molecule has 2 amide bonds. The largest absolute Gasteiger partial charge is 0.495 e. The van der Waals surface area contributed by atoms with Crippen LogP contribution in [0.1, 0.15) is 6.42 Å². The topological polar surface area (TPSA) is 85.8 Å². The van der Waals surface area contributed by atoms with Crippen molar-refractivity contribution in [3.63, 3.8) is 0 Å². The first kappa shape index (κ1) is 16.8. The molecule has 2 aromatic rings. The van der Waals surface area contributed by atoms with Crippen LogP contribution in [-0.2, 0) is 0 Å². The molecule has 1 atom stereocenters. The number of methoxy groups -OCH3 is 2. The molecule has 1 aliphatic heterocycles. The fourth-order valence-corrected chi connectivity index (χ4v) is 2.60. The second-order valence-electron chi connectivity index (χ2n) is 5.52. The highest BCUT2D eigenvalue weighted by Gasteiger charge is 2.28. The molecule has 0 saturated carbocycles. The number of para-hydroxylation sites is 2. The average molecular weight is 344 g/mol. The van der Waals surface area contributed by atoms with Crippen molar-refractivity contribution in [2.75, 3.05) is 32.6 Å². The minimum atomic E-state index is -0.184. The number of amides is 2. The molecule has 25 heavy (non-hydrogen) atoms. The molecular weight excluding hydrogens is 324 g/mol. The van der Waals surface area contributed by atoms with Crippen LogP contribution in [0.15, 0.2) is 36.4 Å². The van der Waals surface area contributed by atoms with Crippen molar-refractivity contribution in [1.82, 2.24) is 15.1 Å². The van der Waals surface area contributed by atoms with Crippen molar-refractivity contribution in [1.29, 1.82) is 0 Å². The normalized spacial score (nSPS) is 16.4. The van der Waals surface area contributed by atoms with E-state index in [9.17, 15) is 4.79 Å². The molecule has 132 valence electrons. The zero-order valence-corrected chi connectivity index (χ0v) is 14.1. The molecular formula is C17H20N4O4. The van der Waals surface area contributed by atoms with Crippen LogP contribution in [-0.4, -0.2) is 54.5 Å². The minimum absolute atomic E-state index is 0.119. The van der Waals surface area contributed by atoms with E-state index in [2.05, 4.69) is 15.5 Å². The van der Waals surface area contributed by atoms with Crippen molar-refractivity contribution in [2.45, 2.75) is 12.5 Å². The number of anilines is 1. The third-order valence-corrected chi connectivity index (χ3v) is 3.89. The van der Waals surface area contributed by atoms with Gasteiger partial charge >= 0.3 is 6.03 Å². The maximum absolute atomic E-state index is 12.4. The summed E-state index contributed by atoms with van der Waals surface area (Å²) in [5, 5.41) is 10.7. The zero-order valence-electron chi connectivity index (χ0n) is 14.1. The maximum atomic E-state index is 12.4. The number of hydrogen-bond donors (Lipinski definition) is 1. The summed E-state index contributed by atoms with van der Waals surface area (Å²) in [7, 11) is 3.10. The molecule has 2 heterocycles. The van der Waals surface area contributed by atoms with Crippen molar-refractivity contribution in [2.24, 2.45) is 0 Å². The van der Waals surface area contributed by atoms with Crippen molar-refractivity contribution < 1.29 is 19.0 Å². The Kier molecular flexibility index (Phi) is 5.17. The van der Waals surface area contributed by atoms with Crippen molar-refractivity contribution in [3.05, 3.63) is 36.4 Å². The lowest BCUT2D eigenvalue weighted by Crippen LogP contribution is -2.34. The molecule has 3 rings (SSSR count). The van der Waals surface area contributed by atoms with Gasteiger partial charge < -0.3 is 24.4 Å². The van der Waals surface area contributed by atoms with Crippen LogP contribution in [0.25, 0.3) is 0 Å². The third kappa shape index (κ3) is 4.09. The van der Waals surface area contributed by atoms with Gasteiger partial charge in [0.1, 0.15) is 11.9 Å². The second kappa shape index (κ2) is 7.69. The number of carbonyl (C=O) groups excluding carboxylic acids is 1. The van der Waals surface area contributed by atoms with Crippen LogP contribution in [0.2, 0.25) is 0 Å². The molecule has 8 heteroatoms. The molecule has 1 aromatic carbocycles. The summed E-state index contributed by atoms with van der Waals surface area (Å²) in [6.45, 7) is 1.09. The summed E-state index contributed by atoms with van der Waals surface area (Å²) in [4.78, 5) is 14.1. The molecule has 8 nitrogen and oxygen atoms in total. The summed E-state index contributed by atoms with van der Waals surface area (Å²) in [6, 6.07) is 10.5. The van der Waals surface area contributed by atoms with Gasteiger partial charge in [-0.2, -0.15) is 0 Å². The van der Waals surface area contributed by atoms with Gasteiger partial charge in [0.05, 0.1) is 26.5 Å². The molecule has 1 unspecified atom stereocenters. The smallest absolute Gasteiger partial charge is 0.322 e. The Morgan fingerprint density at radius 2 is 1.88 bits per heavy atom. The second-order valence-corrected chi connectivity index (χ2v) is 5.52. The number of ether oxygens (including phenoxy) is 3. The number of carbonyl (C=O) groups is 1. The van der Waals surface area contributed by atoms with Gasteiger partial charge in [-0.05, 0) is 12.1 Å². The maximum Gasteiger partial charge on any atom is 0.322 e. The molecule has 0 bridgehead atoms. The van der Waals surface area contributed by atoms with Gasteiger partial charge in [0.25, 0.3) is 0 Å². The monoisotopic (exact) mass is 344 g/mol. The van der Waals surface area contributed by atoms with Gasteiger partial charge in [-0.1, -0.05) is 12.1 Å². The van der Waals surface area contributed by atoms with E-state index in [4.69, 9.17) is 14.2 Å². The lowest BCUT2D eigenvalue weighted by Gasteiger charge is -2.18. The van der Waals surface area contributed by atoms with Crippen LogP contribution < -0.4 is 19.5 Å². The predicted molar refractivity (Wildman–Crippen MR) is 91.2 cm³/mol. The van der Waals surface area contributed by atoms with Crippen molar-refractivity contribution in [3.8, 4) is 17.5 Å². The van der Waals surface area contributed by atoms with Gasteiger partial charge in [-0.15, -0.1) is 10.2 Å². The highest BCUT2D eigenvalue weighted by atomic mass is 16.5. The molecule has 1 N–H and O–H groups in total. The quantitative estimate of drug-likeness (QED) is 0.895. The first-order chi connectivity index (χ1) is 12.2. The number of hydrogen-bond acceptors (Lipinski definition) is 6. The van der Waals surface area contributed by atoms with Gasteiger partial charge in [-0.25, -0.2) is 4.79 Å². The summed E-state index contributed by atoms with van der Waals surface area (Å²) in [6.07, 6.45) is 0.610. The van der Waals surface area contributed by atoms with Crippen molar-refractivity contribution >= 4 is 11.7 Å². The third-order valence-electron chi connectivity index (χ3n) is 3.89. The van der Waals surface area contributed by atoms with E-state index in [1.807, 2.05) is 12.1 Å². The molecule has 0 radical (unpaired) electrons. The Bertz CT molecular complexity index is 723. The van der Waals surface area contributed by atoms with Crippen LogP contribution >= 0.6 is 0 Å². The number of likely N-dealkylation sites (tertiary alicyclic amines) is 1. The van der Waals surface area contributed by atoms with Gasteiger partial charge in [0.15, 0.2) is 0 Å². The summed E-state index contributed by atoms with van der Waals surface area (Å²) < 4.78 is 16.0. The summed E-state index contributed by atoms with van der Waals surface area (Å²) in [5.74, 6) is 1.46. The van der Waals surface area contributed by atoms with Crippen LogP contribution in [0.3, 0.4) is 0 Å². The fourth-order valence-electron chi connectivity index (χ4n) is 2.60. The lowest BCUT2D eigenvalue weighted by molar-refractivity contribution is 0.188.